The van der Waals surface area contributed by atoms with E-state index < -0.39 is 15.7 Å². The van der Waals surface area contributed by atoms with Crippen molar-refractivity contribution in [3.63, 3.8) is 0 Å². The van der Waals surface area contributed by atoms with Crippen LogP contribution in [-0.2, 0) is 9.84 Å². The van der Waals surface area contributed by atoms with Gasteiger partial charge in [0.25, 0.3) is 0 Å². The van der Waals surface area contributed by atoms with E-state index in [1.165, 1.54) is 23.9 Å². The Labute approximate surface area is 191 Å². The zero-order chi connectivity index (χ0) is 22.6. The van der Waals surface area contributed by atoms with Crippen molar-refractivity contribution in [2.45, 2.75) is 29.4 Å². The van der Waals surface area contributed by atoms with Gasteiger partial charge in [0.2, 0.25) is 0 Å². The van der Waals surface area contributed by atoms with Crippen LogP contribution in [0, 0.1) is 5.82 Å². The monoisotopic (exact) mass is 482 g/mol. The maximum absolute atomic E-state index is 13.1. The van der Waals surface area contributed by atoms with Gasteiger partial charge in [-0.3, -0.25) is 9.47 Å². The third kappa shape index (κ3) is 5.85. The molecule has 0 radical (unpaired) electrons. The third-order valence-corrected chi connectivity index (χ3v) is 7.94. The van der Waals surface area contributed by atoms with E-state index in [1.54, 1.807) is 0 Å². The summed E-state index contributed by atoms with van der Waals surface area (Å²) >= 11 is 7.49. The molecule has 0 fully saturated rings. The molecule has 0 amide bonds. The van der Waals surface area contributed by atoms with Gasteiger partial charge in [-0.2, -0.15) is 0 Å². The Morgan fingerprint density at radius 3 is 2.35 bits per heavy atom. The number of rotatable bonds is 9. The van der Waals surface area contributed by atoms with Crippen LogP contribution < -0.4 is 0 Å². The van der Waals surface area contributed by atoms with Crippen LogP contribution in [0.25, 0.3) is 5.69 Å². The lowest BCUT2D eigenvalue weighted by molar-refractivity contribution is 0.305. The minimum absolute atomic E-state index is 0.0244. The fraction of sp³-hybridized carbons (Fsp3) is 0.333. The molecule has 0 bridgehead atoms. The Kier molecular flexibility index (Phi) is 7.74. The summed E-state index contributed by atoms with van der Waals surface area (Å²) in [5.41, 5.74) is 0.888. The molecule has 0 N–H and O–H groups in total. The predicted molar refractivity (Wildman–Crippen MR) is 122 cm³/mol. The van der Waals surface area contributed by atoms with Crippen LogP contribution in [0.4, 0.5) is 4.39 Å². The fourth-order valence-corrected chi connectivity index (χ4v) is 5.40. The van der Waals surface area contributed by atoms with Gasteiger partial charge in [-0.1, -0.05) is 23.4 Å². The number of thioether (sulfide) groups is 1. The summed E-state index contributed by atoms with van der Waals surface area (Å²) in [6.45, 7) is 2.04. The average Bonchev–Trinajstić information content (AvgIpc) is 3.15. The van der Waals surface area contributed by atoms with Gasteiger partial charge in [0.1, 0.15) is 5.82 Å². The summed E-state index contributed by atoms with van der Waals surface area (Å²) in [6.07, 6.45) is 0.427. The van der Waals surface area contributed by atoms with Crippen LogP contribution >= 0.6 is 23.4 Å². The molecule has 166 valence electrons. The van der Waals surface area contributed by atoms with Crippen molar-refractivity contribution in [3.8, 4) is 5.69 Å². The molecule has 2 aromatic carbocycles. The molecule has 3 rings (SSSR count). The topological polar surface area (TPSA) is 68.1 Å². The highest BCUT2D eigenvalue weighted by Gasteiger charge is 2.21. The quantitative estimate of drug-likeness (QED) is 0.251. The zero-order valence-corrected chi connectivity index (χ0v) is 19.9. The zero-order valence-electron chi connectivity index (χ0n) is 17.5. The lowest BCUT2D eigenvalue weighted by atomic mass is 10.2. The second-order valence-electron chi connectivity index (χ2n) is 7.27. The first-order valence-corrected chi connectivity index (χ1v) is 12.7. The molecule has 0 saturated heterocycles. The van der Waals surface area contributed by atoms with E-state index >= 15 is 0 Å². The molecule has 0 saturated carbocycles. The van der Waals surface area contributed by atoms with Crippen molar-refractivity contribution in [2.75, 3.05) is 25.6 Å². The molecule has 1 atom stereocenters. The van der Waals surface area contributed by atoms with Crippen molar-refractivity contribution in [1.29, 1.82) is 0 Å². The second kappa shape index (κ2) is 10.1. The van der Waals surface area contributed by atoms with Crippen LogP contribution in [0.15, 0.2) is 58.6 Å². The summed E-state index contributed by atoms with van der Waals surface area (Å²) in [5, 5.41) is 10.1. The molecule has 10 heteroatoms. The molecule has 1 aromatic heterocycles. The van der Waals surface area contributed by atoms with Gasteiger partial charge in [-0.25, -0.2) is 12.8 Å². The largest absolute Gasteiger partial charge is 0.300 e. The molecule has 3 aromatic rings. The smallest absolute Gasteiger partial charge is 0.195 e. The highest BCUT2D eigenvalue weighted by molar-refractivity contribution is 7.99. The summed E-state index contributed by atoms with van der Waals surface area (Å²) in [6, 6.07) is 12.4. The predicted octanol–water partition coefficient (Wildman–Crippen LogP) is 4.64. The van der Waals surface area contributed by atoms with Crippen molar-refractivity contribution >= 4 is 33.2 Å². The van der Waals surface area contributed by atoms with Gasteiger partial charge in [0, 0.05) is 16.5 Å². The molecule has 0 aliphatic carbocycles. The van der Waals surface area contributed by atoms with E-state index in [1.807, 2.05) is 54.8 Å². The number of nitrogens with zero attached hydrogens (tertiary/aromatic N) is 4. The number of halogens is 2. The first-order valence-electron chi connectivity index (χ1n) is 9.68. The molecular weight excluding hydrogens is 459 g/mol. The lowest BCUT2D eigenvalue weighted by Gasteiger charge is -2.20. The van der Waals surface area contributed by atoms with Crippen LogP contribution in [0.1, 0.15) is 25.2 Å². The lowest BCUT2D eigenvalue weighted by Crippen LogP contribution is -2.20. The van der Waals surface area contributed by atoms with E-state index in [0.29, 0.717) is 22.4 Å². The maximum Gasteiger partial charge on any atom is 0.195 e. The Morgan fingerprint density at radius 2 is 1.74 bits per heavy atom. The summed E-state index contributed by atoms with van der Waals surface area (Å²) in [4.78, 5) is 2.17. The molecule has 0 spiro atoms. The van der Waals surface area contributed by atoms with Gasteiger partial charge >= 0.3 is 0 Å². The van der Waals surface area contributed by atoms with E-state index in [-0.39, 0.29) is 16.7 Å². The minimum Gasteiger partial charge on any atom is -0.300 e. The van der Waals surface area contributed by atoms with E-state index in [2.05, 4.69) is 10.2 Å². The van der Waals surface area contributed by atoms with E-state index in [4.69, 9.17) is 11.6 Å². The molecular formula is C21H24ClFN4O2S2. The van der Waals surface area contributed by atoms with Crippen molar-refractivity contribution < 1.29 is 12.8 Å². The standard InChI is InChI=1S/C21H24ClFN4O2S2/c1-15(26(2)3)20-24-25-21(27(20)18-9-5-16(22)6-10-18)30-13-4-14-31(28,29)19-11-7-17(23)8-12-19/h5-12,15H,4,13-14H2,1-3H3. The fourth-order valence-electron chi connectivity index (χ4n) is 2.88. The van der Waals surface area contributed by atoms with Gasteiger partial charge in [0.05, 0.1) is 16.7 Å². The Bertz CT molecular complexity index is 1120. The number of benzene rings is 2. The third-order valence-electron chi connectivity index (χ3n) is 4.85. The molecule has 0 aliphatic heterocycles. The first-order chi connectivity index (χ1) is 14.7. The SMILES string of the molecule is CC(c1nnc(SCCCS(=O)(=O)c2ccc(F)cc2)n1-c1ccc(Cl)cc1)N(C)C. The van der Waals surface area contributed by atoms with Crippen LogP contribution in [0.2, 0.25) is 5.02 Å². The Hall–Kier alpha value is -1.94. The normalized spacial score (nSPS) is 13.0. The number of sulfone groups is 1. The van der Waals surface area contributed by atoms with Crippen molar-refractivity contribution in [1.82, 2.24) is 19.7 Å². The van der Waals surface area contributed by atoms with Gasteiger partial charge in [-0.15, -0.1) is 10.2 Å². The van der Waals surface area contributed by atoms with Gasteiger partial charge in [0.15, 0.2) is 20.8 Å². The Balaban J connectivity index is 1.74. The number of hydrogen-bond acceptors (Lipinski definition) is 6. The minimum atomic E-state index is -3.46. The molecule has 1 heterocycles. The number of aromatic nitrogens is 3. The molecule has 1 unspecified atom stereocenters. The molecule has 0 aliphatic rings. The summed E-state index contributed by atoms with van der Waals surface area (Å²) in [7, 11) is 0.480. The van der Waals surface area contributed by atoms with Gasteiger partial charge in [-0.05, 0) is 76.0 Å². The highest BCUT2D eigenvalue weighted by atomic mass is 35.5. The molecule has 6 nitrogen and oxygen atoms in total. The van der Waals surface area contributed by atoms with Crippen LogP contribution in [-0.4, -0.2) is 53.7 Å². The van der Waals surface area contributed by atoms with Gasteiger partial charge < -0.3 is 0 Å². The van der Waals surface area contributed by atoms with Crippen molar-refractivity contribution in [2.24, 2.45) is 0 Å². The highest BCUT2D eigenvalue weighted by Crippen LogP contribution is 2.28. The van der Waals surface area contributed by atoms with E-state index in [0.717, 1.165) is 23.6 Å². The Morgan fingerprint density at radius 1 is 1.10 bits per heavy atom. The molecule has 31 heavy (non-hydrogen) atoms. The maximum atomic E-state index is 13.1. The van der Waals surface area contributed by atoms with Crippen molar-refractivity contribution in [3.05, 3.63) is 65.2 Å². The average molecular weight is 483 g/mol. The second-order valence-corrected chi connectivity index (χ2v) is 10.9. The first kappa shape index (κ1) is 23.7. The van der Waals surface area contributed by atoms with Crippen LogP contribution in [0.5, 0.6) is 0 Å². The summed E-state index contributed by atoms with van der Waals surface area (Å²) in [5.74, 6) is 0.844. The number of hydrogen-bond donors (Lipinski definition) is 0. The van der Waals surface area contributed by atoms with Crippen LogP contribution in [0.3, 0.4) is 0 Å². The van der Waals surface area contributed by atoms with E-state index in [9.17, 15) is 12.8 Å². The summed E-state index contributed by atoms with van der Waals surface area (Å²) < 4.78 is 39.9.